The first-order valence-electron chi connectivity index (χ1n) is 19.5. The van der Waals surface area contributed by atoms with E-state index in [9.17, 15) is 10.5 Å². The fourth-order valence-corrected chi connectivity index (χ4v) is 8.74. The molecule has 0 spiro atoms. The molecular formula is C53H37N5. The SMILES string of the molecule is Cc1ccc2c(c1)c1cc(C)ccc1n2-c1c(-c2ccccc2)nc(-c2ccccc2)c(-n2c3ccc(C)cc3c3cc(C)ccc32)c1-c1ccc(C#N)c(C#N)c1. The lowest BCUT2D eigenvalue weighted by atomic mass is 9.92. The molecule has 274 valence electrons. The second-order valence-electron chi connectivity index (χ2n) is 15.4. The Balaban J connectivity index is 1.53. The molecule has 10 aromatic rings. The van der Waals surface area contributed by atoms with Crippen LogP contribution in [0.1, 0.15) is 33.4 Å². The van der Waals surface area contributed by atoms with Crippen molar-refractivity contribution in [2.75, 3.05) is 0 Å². The van der Waals surface area contributed by atoms with Gasteiger partial charge in [0.2, 0.25) is 0 Å². The highest BCUT2D eigenvalue weighted by Crippen LogP contribution is 2.49. The van der Waals surface area contributed by atoms with E-state index in [2.05, 4.69) is 170 Å². The molecule has 7 aromatic carbocycles. The lowest BCUT2D eigenvalue weighted by Gasteiger charge is -2.26. The number of benzene rings is 7. The number of aryl methyl sites for hydroxylation is 4. The largest absolute Gasteiger partial charge is 0.306 e. The molecule has 0 unspecified atom stereocenters. The summed E-state index contributed by atoms with van der Waals surface area (Å²) in [6.45, 7) is 8.55. The summed E-state index contributed by atoms with van der Waals surface area (Å²) in [6, 6.07) is 57.7. The number of fused-ring (bicyclic) bond motifs is 6. The molecule has 58 heavy (non-hydrogen) atoms. The lowest BCUT2D eigenvalue weighted by molar-refractivity contribution is 1.10. The summed E-state index contributed by atoms with van der Waals surface area (Å²) < 4.78 is 4.75. The van der Waals surface area contributed by atoms with Gasteiger partial charge in [0.1, 0.15) is 12.1 Å². The van der Waals surface area contributed by atoms with Gasteiger partial charge in [0.25, 0.3) is 0 Å². The van der Waals surface area contributed by atoms with Crippen molar-refractivity contribution in [3.8, 4) is 57.2 Å². The highest BCUT2D eigenvalue weighted by atomic mass is 15.1. The first-order chi connectivity index (χ1) is 28.3. The molecule has 3 heterocycles. The number of hydrogen-bond acceptors (Lipinski definition) is 3. The maximum atomic E-state index is 10.5. The minimum absolute atomic E-state index is 0.318. The first kappa shape index (κ1) is 34.7. The predicted molar refractivity (Wildman–Crippen MR) is 238 cm³/mol. The standard InChI is InChI=1S/C53H37N5/c1-32-15-21-45-41(25-32)42-26-33(2)16-22-46(42)57(45)52-49(38-19-20-39(30-54)40(29-38)31-55)53(51(37-13-9-6-10-14-37)56-50(52)36-11-7-5-8-12-36)58-47-23-17-34(3)27-43(47)44-28-35(4)18-24-48(44)58/h5-29H,1-4H3. The molecule has 0 N–H and O–H groups in total. The summed E-state index contributed by atoms with van der Waals surface area (Å²) in [5.41, 5.74) is 16.5. The molecule has 5 heteroatoms. The van der Waals surface area contributed by atoms with Gasteiger partial charge in [-0.25, -0.2) is 4.98 Å². The van der Waals surface area contributed by atoms with Crippen molar-refractivity contribution in [1.82, 2.24) is 14.1 Å². The molecule has 5 nitrogen and oxygen atoms in total. The van der Waals surface area contributed by atoms with Gasteiger partial charge in [-0.2, -0.15) is 10.5 Å². The van der Waals surface area contributed by atoms with Gasteiger partial charge in [0.05, 0.1) is 56.0 Å². The number of nitrogens with zero attached hydrogens (tertiary/aromatic N) is 5. The van der Waals surface area contributed by atoms with Crippen LogP contribution in [0.3, 0.4) is 0 Å². The summed E-state index contributed by atoms with van der Waals surface area (Å²) in [6.07, 6.45) is 0. The third-order valence-electron chi connectivity index (χ3n) is 11.4. The number of hydrogen-bond donors (Lipinski definition) is 0. The highest BCUT2D eigenvalue weighted by Gasteiger charge is 2.30. The zero-order valence-electron chi connectivity index (χ0n) is 32.7. The molecule has 10 rings (SSSR count). The minimum atomic E-state index is 0.318. The van der Waals surface area contributed by atoms with Crippen LogP contribution < -0.4 is 0 Å². The maximum absolute atomic E-state index is 10.5. The summed E-state index contributed by atoms with van der Waals surface area (Å²) >= 11 is 0. The van der Waals surface area contributed by atoms with Crippen LogP contribution in [-0.4, -0.2) is 14.1 Å². The number of aromatic nitrogens is 3. The molecule has 0 aliphatic carbocycles. The van der Waals surface area contributed by atoms with Gasteiger partial charge in [-0.05, 0) is 93.9 Å². The monoisotopic (exact) mass is 743 g/mol. The Morgan fingerprint density at radius 3 is 1.14 bits per heavy atom. The van der Waals surface area contributed by atoms with Crippen molar-refractivity contribution in [3.05, 3.63) is 185 Å². The van der Waals surface area contributed by atoms with Crippen molar-refractivity contribution >= 4 is 43.6 Å². The van der Waals surface area contributed by atoms with Gasteiger partial charge in [-0.1, -0.05) is 113 Å². The van der Waals surface area contributed by atoms with E-state index >= 15 is 0 Å². The van der Waals surface area contributed by atoms with Gasteiger partial charge in [-0.3, -0.25) is 0 Å². The van der Waals surface area contributed by atoms with Crippen molar-refractivity contribution in [1.29, 1.82) is 10.5 Å². The van der Waals surface area contributed by atoms with E-state index in [0.717, 1.165) is 88.6 Å². The van der Waals surface area contributed by atoms with Crippen LogP contribution in [-0.2, 0) is 0 Å². The molecular weight excluding hydrogens is 707 g/mol. The summed E-state index contributed by atoms with van der Waals surface area (Å²) in [7, 11) is 0. The smallest absolute Gasteiger partial charge is 0.101 e. The zero-order chi connectivity index (χ0) is 39.7. The lowest BCUT2D eigenvalue weighted by Crippen LogP contribution is -2.10. The number of nitriles is 2. The topological polar surface area (TPSA) is 70.3 Å². The molecule has 0 aliphatic rings. The Kier molecular flexibility index (Phi) is 8.08. The van der Waals surface area contributed by atoms with E-state index in [1.54, 1.807) is 6.07 Å². The zero-order valence-corrected chi connectivity index (χ0v) is 32.7. The molecule has 0 aliphatic heterocycles. The van der Waals surface area contributed by atoms with Gasteiger partial charge in [0, 0.05) is 38.2 Å². The Hall–Kier alpha value is -7.73. The quantitative estimate of drug-likeness (QED) is 0.176. The Labute approximate surface area is 336 Å². The molecule has 0 saturated carbocycles. The summed E-state index contributed by atoms with van der Waals surface area (Å²) in [4.78, 5) is 5.83. The fraction of sp³-hybridized carbons (Fsp3) is 0.0755. The first-order valence-corrected chi connectivity index (χ1v) is 19.5. The second-order valence-corrected chi connectivity index (χ2v) is 15.4. The van der Waals surface area contributed by atoms with Crippen LogP contribution in [0.4, 0.5) is 0 Å². The second kappa shape index (κ2) is 13.5. The van der Waals surface area contributed by atoms with Crippen LogP contribution >= 0.6 is 0 Å². The van der Waals surface area contributed by atoms with Gasteiger partial charge < -0.3 is 9.13 Å². The van der Waals surface area contributed by atoms with E-state index in [0.29, 0.717) is 11.1 Å². The van der Waals surface area contributed by atoms with E-state index < -0.39 is 0 Å². The van der Waals surface area contributed by atoms with Crippen molar-refractivity contribution in [3.63, 3.8) is 0 Å². The van der Waals surface area contributed by atoms with Crippen molar-refractivity contribution in [2.24, 2.45) is 0 Å². The van der Waals surface area contributed by atoms with Crippen LogP contribution in [0.25, 0.3) is 88.6 Å². The molecule has 3 aromatic heterocycles. The predicted octanol–water partition coefficient (Wildman–Crippen LogP) is 13.3. The van der Waals surface area contributed by atoms with Gasteiger partial charge in [0.15, 0.2) is 0 Å². The summed E-state index contributed by atoms with van der Waals surface area (Å²) in [5.74, 6) is 0. The number of rotatable bonds is 5. The van der Waals surface area contributed by atoms with Crippen molar-refractivity contribution < 1.29 is 0 Å². The molecule has 0 amide bonds. The maximum Gasteiger partial charge on any atom is 0.101 e. The summed E-state index contributed by atoms with van der Waals surface area (Å²) in [5, 5.41) is 25.3. The van der Waals surface area contributed by atoms with Crippen LogP contribution in [0.2, 0.25) is 0 Å². The molecule has 0 radical (unpaired) electrons. The van der Waals surface area contributed by atoms with Gasteiger partial charge >= 0.3 is 0 Å². The normalized spacial score (nSPS) is 11.4. The third kappa shape index (κ3) is 5.40. The van der Waals surface area contributed by atoms with Crippen LogP contribution in [0, 0.1) is 50.4 Å². The third-order valence-corrected chi connectivity index (χ3v) is 11.4. The van der Waals surface area contributed by atoms with E-state index in [-0.39, 0.29) is 0 Å². The average Bonchev–Trinajstić information content (AvgIpc) is 3.73. The minimum Gasteiger partial charge on any atom is -0.306 e. The van der Waals surface area contributed by atoms with E-state index in [1.807, 2.05) is 24.3 Å². The van der Waals surface area contributed by atoms with Crippen LogP contribution in [0.15, 0.2) is 152 Å². The molecule has 0 saturated heterocycles. The average molecular weight is 744 g/mol. The Bertz CT molecular complexity index is 3080. The van der Waals surface area contributed by atoms with E-state index in [1.165, 1.54) is 22.3 Å². The molecule has 0 bridgehead atoms. The van der Waals surface area contributed by atoms with Crippen molar-refractivity contribution in [2.45, 2.75) is 27.7 Å². The fourth-order valence-electron chi connectivity index (χ4n) is 8.74. The number of pyridine rings is 1. The Morgan fingerprint density at radius 1 is 0.397 bits per heavy atom. The van der Waals surface area contributed by atoms with Gasteiger partial charge in [-0.15, -0.1) is 0 Å². The highest BCUT2D eigenvalue weighted by molar-refractivity contribution is 6.14. The molecule has 0 atom stereocenters. The van der Waals surface area contributed by atoms with Crippen LogP contribution in [0.5, 0.6) is 0 Å². The Morgan fingerprint density at radius 2 is 0.776 bits per heavy atom. The van der Waals surface area contributed by atoms with E-state index in [4.69, 9.17) is 4.98 Å². The molecule has 0 fully saturated rings.